The summed E-state index contributed by atoms with van der Waals surface area (Å²) in [5.74, 6) is -1.32. The number of anilines is 2. The van der Waals surface area contributed by atoms with Crippen molar-refractivity contribution in [3.8, 4) is 11.3 Å². The van der Waals surface area contributed by atoms with Crippen LogP contribution < -0.4 is 15.8 Å². The standard InChI is InChI=1S/C29H35F3N6O3S/c1-17-12-38(13-18(2)36(17)4)25-11-22(30)20(24-16-42-26(33-24)15-37-5-7-41-8-6-37)9-23(25)34-29(40)21-14-35(3)27(39)10-19(21)28(31)32/h9-11,14,16-18,28H,5-8,12-13,15H2,1-4H3,(H,34,40). The molecule has 1 N–H and O–H groups in total. The predicted molar refractivity (Wildman–Crippen MR) is 157 cm³/mol. The van der Waals surface area contributed by atoms with Crippen molar-refractivity contribution < 1.29 is 22.7 Å². The number of aromatic nitrogens is 2. The molecular formula is C29H35F3N6O3S. The first-order valence-electron chi connectivity index (χ1n) is 13.9. The SMILES string of the molecule is CC1CN(c2cc(F)c(-c3csc(CN4CCOCC4)n3)cc2NC(=O)c2cn(C)c(=O)cc2C(F)F)CC(C)N1C. The molecule has 2 saturated heterocycles. The van der Waals surface area contributed by atoms with E-state index >= 15 is 4.39 Å². The number of ether oxygens (including phenoxy) is 1. The van der Waals surface area contributed by atoms with Gasteiger partial charge in [-0.1, -0.05) is 0 Å². The fourth-order valence-corrected chi connectivity index (χ4v) is 6.22. The summed E-state index contributed by atoms with van der Waals surface area (Å²) in [6, 6.07) is 3.97. The highest BCUT2D eigenvalue weighted by atomic mass is 32.1. The molecule has 2 unspecified atom stereocenters. The molecule has 1 amide bonds. The van der Waals surface area contributed by atoms with Crippen molar-refractivity contribution in [2.75, 3.05) is 56.7 Å². The van der Waals surface area contributed by atoms with Gasteiger partial charge in [0.25, 0.3) is 17.9 Å². The molecule has 2 aromatic heterocycles. The number of aryl methyl sites for hydroxylation is 1. The molecule has 13 heteroatoms. The van der Waals surface area contributed by atoms with Crippen LogP contribution in [0.1, 0.15) is 41.2 Å². The molecule has 2 aliphatic heterocycles. The number of benzene rings is 1. The van der Waals surface area contributed by atoms with E-state index in [-0.39, 0.29) is 28.9 Å². The molecule has 226 valence electrons. The van der Waals surface area contributed by atoms with Crippen molar-refractivity contribution in [1.29, 1.82) is 0 Å². The van der Waals surface area contributed by atoms with E-state index in [0.717, 1.165) is 34.9 Å². The number of piperazine rings is 1. The number of thiazole rings is 1. The average molecular weight is 605 g/mol. The number of nitrogens with zero attached hydrogens (tertiary/aromatic N) is 5. The van der Waals surface area contributed by atoms with Gasteiger partial charge in [-0.15, -0.1) is 11.3 Å². The molecule has 0 radical (unpaired) electrons. The molecule has 42 heavy (non-hydrogen) atoms. The van der Waals surface area contributed by atoms with Gasteiger partial charge in [0.1, 0.15) is 10.8 Å². The fourth-order valence-electron chi connectivity index (χ4n) is 5.38. The van der Waals surface area contributed by atoms with Crippen LogP contribution in [0.25, 0.3) is 11.3 Å². The van der Waals surface area contributed by atoms with Crippen LogP contribution in [-0.2, 0) is 18.3 Å². The quantitative estimate of drug-likeness (QED) is 0.433. The van der Waals surface area contributed by atoms with Gasteiger partial charge in [-0.25, -0.2) is 18.2 Å². The summed E-state index contributed by atoms with van der Waals surface area (Å²) in [5, 5.41) is 5.37. The molecule has 0 aliphatic carbocycles. The molecule has 4 heterocycles. The van der Waals surface area contributed by atoms with E-state index in [0.29, 0.717) is 44.2 Å². The zero-order valence-corrected chi connectivity index (χ0v) is 24.9. The van der Waals surface area contributed by atoms with Crippen molar-refractivity contribution in [3.05, 3.63) is 62.1 Å². The second-order valence-corrected chi connectivity index (χ2v) is 11.9. The largest absolute Gasteiger partial charge is 0.379 e. The maximum Gasteiger partial charge on any atom is 0.264 e. The van der Waals surface area contributed by atoms with Gasteiger partial charge in [0.15, 0.2) is 0 Å². The minimum absolute atomic E-state index is 0.149. The highest BCUT2D eigenvalue weighted by molar-refractivity contribution is 7.09. The summed E-state index contributed by atoms with van der Waals surface area (Å²) in [4.78, 5) is 36.6. The summed E-state index contributed by atoms with van der Waals surface area (Å²) in [5.41, 5.74) is -0.287. The molecule has 9 nitrogen and oxygen atoms in total. The molecule has 1 aromatic carbocycles. The van der Waals surface area contributed by atoms with Gasteiger partial charge in [-0.3, -0.25) is 19.4 Å². The Balaban J connectivity index is 1.52. The zero-order valence-electron chi connectivity index (χ0n) is 24.1. The molecule has 5 rings (SSSR count). The lowest BCUT2D eigenvalue weighted by molar-refractivity contribution is 0.0342. The van der Waals surface area contributed by atoms with E-state index in [1.807, 2.05) is 11.9 Å². The molecule has 0 spiro atoms. The minimum atomic E-state index is -3.03. The van der Waals surface area contributed by atoms with Crippen LogP contribution >= 0.6 is 11.3 Å². The van der Waals surface area contributed by atoms with Gasteiger partial charge in [0.05, 0.1) is 42.4 Å². The van der Waals surface area contributed by atoms with Crippen LogP contribution in [0.3, 0.4) is 0 Å². The average Bonchev–Trinajstić information content (AvgIpc) is 3.41. The topological polar surface area (TPSA) is 82.9 Å². The predicted octanol–water partition coefficient (Wildman–Crippen LogP) is 4.20. The van der Waals surface area contributed by atoms with E-state index in [9.17, 15) is 18.4 Å². The van der Waals surface area contributed by atoms with Crippen LogP contribution in [0.4, 0.5) is 24.5 Å². The molecular weight excluding hydrogens is 569 g/mol. The lowest BCUT2D eigenvalue weighted by atomic mass is 10.0. The summed E-state index contributed by atoms with van der Waals surface area (Å²) >= 11 is 1.43. The van der Waals surface area contributed by atoms with Gasteiger partial charge >= 0.3 is 0 Å². The summed E-state index contributed by atoms with van der Waals surface area (Å²) in [6.07, 6.45) is -1.93. The molecule has 0 bridgehead atoms. The van der Waals surface area contributed by atoms with Gasteiger partial charge in [-0.05, 0) is 27.0 Å². The molecule has 3 aromatic rings. The van der Waals surface area contributed by atoms with Crippen molar-refractivity contribution in [1.82, 2.24) is 19.4 Å². The van der Waals surface area contributed by atoms with Crippen LogP contribution in [0, 0.1) is 5.82 Å². The Kier molecular flexibility index (Phi) is 9.02. The maximum absolute atomic E-state index is 15.8. The van der Waals surface area contributed by atoms with E-state index < -0.39 is 29.3 Å². The fraction of sp³-hybridized carbons (Fsp3) is 0.483. The third kappa shape index (κ3) is 6.38. The molecule has 2 atom stereocenters. The number of hydrogen-bond donors (Lipinski definition) is 1. The Labute approximate surface area is 246 Å². The second-order valence-electron chi connectivity index (χ2n) is 11.0. The van der Waals surface area contributed by atoms with Gasteiger partial charge in [0, 0.05) is 80.1 Å². The molecule has 0 saturated carbocycles. The Morgan fingerprint density at radius 1 is 1.14 bits per heavy atom. The number of likely N-dealkylation sites (N-methyl/N-ethyl adjacent to an activating group) is 1. The monoisotopic (exact) mass is 604 g/mol. The smallest absolute Gasteiger partial charge is 0.264 e. The number of pyridine rings is 1. The number of alkyl halides is 2. The zero-order chi connectivity index (χ0) is 30.1. The van der Waals surface area contributed by atoms with Gasteiger partial charge < -0.3 is 19.5 Å². The van der Waals surface area contributed by atoms with E-state index in [1.165, 1.54) is 30.5 Å². The number of halogens is 3. The number of carbonyl (C=O) groups is 1. The third-order valence-electron chi connectivity index (χ3n) is 8.06. The molecule has 2 aliphatic rings. The minimum Gasteiger partial charge on any atom is -0.379 e. The third-order valence-corrected chi connectivity index (χ3v) is 8.90. The van der Waals surface area contributed by atoms with E-state index in [1.54, 1.807) is 5.38 Å². The summed E-state index contributed by atoms with van der Waals surface area (Å²) in [7, 11) is 3.42. The maximum atomic E-state index is 15.8. The first-order chi connectivity index (χ1) is 20.0. The lowest BCUT2D eigenvalue weighted by Crippen LogP contribution is -2.55. The lowest BCUT2D eigenvalue weighted by Gasteiger charge is -2.44. The number of carbonyl (C=O) groups excluding carboxylic acids is 1. The molecule has 2 fully saturated rings. The van der Waals surface area contributed by atoms with Gasteiger partial charge in [-0.2, -0.15) is 0 Å². The van der Waals surface area contributed by atoms with E-state index in [2.05, 4.69) is 33.9 Å². The van der Waals surface area contributed by atoms with Crippen LogP contribution in [0.5, 0.6) is 0 Å². The van der Waals surface area contributed by atoms with Crippen molar-refractivity contribution in [2.24, 2.45) is 7.05 Å². The van der Waals surface area contributed by atoms with E-state index in [4.69, 9.17) is 4.74 Å². The normalized spacial score (nSPS) is 20.3. The number of amides is 1. The van der Waals surface area contributed by atoms with Crippen LogP contribution in [-0.4, -0.2) is 83.8 Å². The number of nitrogens with one attached hydrogen (secondary N) is 1. The van der Waals surface area contributed by atoms with Crippen molar-refractivity contribution in [3.63, 3.8) is 0 Å². The Bertz CT molecular complexity index is 1490. The Hall–Kier alpha value is -3.26. The highest BCUT2D eigenvalue weighted by Gasteiger charge is 2.30. The summed E-state index contributed by atoms with van der Waals surface area (Å²) in [6.45, 7) is 8.80. The van der Waals surface area contributed by atoms with Crippen LogP contribution in [0.15, 0.2) is 34.6 Å². The number of rotatable bonds is 7. The van der Waals surface area contributed by atoms with Crippen molar-refractivity contribution in [2.45, 2.75) is 38.9 Å². The first kappa shape index (κ1) is 30.2. The Morgan fingerprint density at radius 2 is 1.83 bits per heavy atom. The van der Waals surface area contributed by atoms with Gasteiger partial charge in [0.2, 0.25) is 0 Å². The first-order valence-corrected chi connectivity index (χ1v) is 14.7. The number of morpholine rings is 1. The second kappa shape index (κ2) is 12.5. The summed E-state index contributed by atoms with van der Waals surface area (Å²) < 4.78 is 49.9. The number of hydrogen-bond acceptors (Lipinski definition) is 8. The van der Waals surface area contributed by atoms with Crippen LogP contribution in [0.2, 0.25) is 0 Å². The Morgan fingerprint density at radius 3 is 2.50 bits per heavy atom. The van der Waals surface area contributed by atoms with Crippen molar-refractivity contribution >= 4 is 28.6 Å². The highest BCUT2D eigenvalue weighted by Crippen LogP contribution is 2.37.